The Labute approximate surface area is 302 Å². The number of piperidine rings is 1. The maximum atomic E-state index is 13.6. The van der Waals surface area contributed by atoms with E-state index in [1.165, 1.54) is 63.1 Å². The van der Waals surface area contributed by atoms with Crippen LogP contribution in [0.4, 0.5) is 16.3 Å². The second-order valence-corrected chi connectivity index (χ2v) is 14.5. The first-order valence-corrected chi connectivity index (χ1v) is 19.2. The Morgan fingerprint density at radius 1 is 0.922 bits per heavy atom. The summed E-state index contributed by atoms with van der Waals surface area (Å²) >= 11 is 0. The number of esters is 1. The normalized spacial score (nSPS) is 14.4. The Morgan fingerprint density at radius 3 is 2.24 bits per heavy atom. The van der Waals surface area contributed by atoms with E-state index in [1.807, 2.05) is 51.2 Å². The van der Waals surface area contributed by atoms with Crippen LogP contribution in [0.15, 0.2) is 65.6 Å². The van der Waals surface area contributed by atoms with Crippen molar-refractivity contribution in [1.82, 2.24) is 19.1 Å². The highest BCUT2D eigenvalue weighted by Gasteiger charge is 2.31. The van der Waals surface area contributed by atoms with Gasteiger partial charge in [-0.15, -0.1) is 0 Å². The molecular formula is C41H57FN6O3. The van der Waals surface area contributed by atoms with Crippen molar-refractivity contribution >= 4 is 28.9 Å². The van der Waals surface area contributed by atoms with Gasteiger partial charge in [0.05, 0.1) is 17.6 Å². The molecule has 0 amide bonds. The summed E-state index contributed by atoms with van der Waals surface area (Å²) in [6.07, 6.45) is 14.8. The summed E-state index contributed by atoms with van der Waals surface area (Å²) in [5.41, 5.74) is 2.74. The number of carbonyl (C=O) groups is 1. The lowest BCUT2D eigenvalue weighted by atomic mass is 10.0. The Kier molecular flexibility index (Phi) is 14.1. The fraction of sp³-hybridized carbons (Fsp3) is 0.561. The van der Waals surface area contributed by atoms with Crippen LogP contribution in [0.2, 0.25) is 0 Å². The highest BCUT2D eigenvalue weighted by Crippen LogP contribution is 2.30. The smallest absolute Gasteiger partial charge is 0.307 e. The average molecular weight is 701 g/mol. The van der Waals surface area contributed by atoms with Crippen molar-refractivity contribution in [2.45, 2.75) is 123 Å². The molecule has 3 heterocycles. The Hall–Kier alpha value is -4.21. The summed E-state index contributed by atoms with van der Waals surface area (Å²) in [6, 6.07) is 16.3. The number of benzene rings is 2. The Morgan fingerprint density at radius 2 is 1.57 bits per heavy atom. The predicted octanol–water partition coefficient (Wildman–Crippen LogP) is 8.89. The number of rotatable bonds is 19. The van der Waals surface area contributed by atoms with Crippen LogP contribution in [-0.4, -0.2) is 51.3 Å². The molecule has 0 bridgehead atoms. The van der Waals surface area contributed by atoms with Crippen molar-refractivity contribution in [3.8, 4) is 0 Å². The SMILES string of the molecule is CCCCCCCCCCCCC(=O)OC(C(C)C)n1c(N(C)C2CCN(c3nc4ccccc4n3Cc3ccc(F)cc3)CC2)nccc1=O. The van der Waals surface area contributed by atoms with Gasteiger partial charge in [-0.25, -0.2) is 18.9 Å². The van der Waals surface area contributed by atoms with Gasteiger partial charge in [0.1, 0.15) is 5.82 Å². The zero-order valence-electron chi connectivity index (χ0n) is 31.1. The topological polar surface area (TPSA) is 85.5 Å². The van der Waals surface area contributed by atoms with Crippen LogP contribution in [0.25, 0.3) is 11.0 Å². The number of nitrogens with zero attached hydrogens (tertiary/aromatic N) is 6. The molecule has 1 saturated heterocycles. The molecule has 9 nitrogen and oxygen atoms in total. The van der Waals surface area contributed by atoms with Gasteiger partial charge in [0, 0.05) is 50.8 Å². The maximum absolute atomic E-state index is 13.6. The van der Waals surface area contributed by atoms with E-state index in [-0.39, 0.29) is 29.3 Å². The number of aromatic nitrogens is 4. The molecule has 1 aliphatic heterocycles. The van der Waals surface area contributed by atoms with E-state index in [0.717, 1.165) is 67.7 Å². The van der Waals surface area contributed by atoms with Gasteiger partial charge in [0.25, 0.3) is 5.56 Å². The van der Waals surface area contributed by atoms with Gasteiger partial charge in [0.15, 0.2) is 6.23 Å². The number of para-hydroxylation sites is 2. The fourth-order valence-corrected chi connectivity index (χ4v) is 7.20. The van der Waals surface area contributed by atoms with Crippen LogP contribution < -0.4 is 15.4 Å². The third kappa shape index (κ3) is 10.2. The fourth-order valence-electron chi connectivity index (χ4n) is 7.20. The van der Waals surface area contributed by atoms with Crippen LogP contribution in [0.3, 0.4) is 0 Å². The van der Waals surface area contributed by atoms with Crippen molar-refractivity contribution < 1.29 is 13.9 Å². The van der Waals surface area contributed by atoms with Crippen LogP contribution >= 0.6 is 0 Å². The number of hydrogen-bond acceptors (Lipinski definition) is 7. The van der Waals surface area contributed by atoms with E-state index in [2.05, 4.69) is 32.3 Å². The summed E-state index contributed by atoms with van der Waals surface area (Å²) < 4.78 is 23.4. The lowest BCUT2D eigenvalue weighted by molar-refractivity contribution is -0.157. The van der Waals surface area contributed by atoms with Gasteiger partial charge in [-0.3, -0.25) is 9.59 Å². The molecule has 1 unspecified atom stereocenters. The molecule has 0 N–H and O–H groups in total. The predicted molar refractivity (Wildman–Crippen MR) is 204 cm³/mol. The van der Waals surface area contributed by atoms with Crippen molar-refractivity contribution in [3.05, 3.63) is 82.5 Å². The van der Waals surface area contributed by atoms with Gasteiger partial charge in [-0.2, -0.15) is 0 Å². The van der Waals surface area contributed by atoms with Crippen molar-refractivity contribution in [2.24, 2.45) is 5.92 Å². The number of unbranched alkanes of at least 4 members (excludes halogenated alkanes) is 9. The monoisotopic (exact) mass is 700 g/mol. The minimum atomic E-state index is -0.745. The Balaban J connectivity index is 1.20. The molecular weight excluding hydrogens is 643 g/mol. The molecule has 1 aliphatic rings. The van der Waals surface area contributed by atoms with Crippen molar-refractivity contribution in [1.29, 1.82) is 0 Å². The van der Waals surface area contributed by atoms with Crippen LogP contribution in [-0.2, 0) is 16.1 Å². The molecule has 2 aromatic carbocycles. The highest BCUT2D eigenvalue weighted by atomic mass is 19.1. The summed E-state index contributed by atoms with van der Waals surface area (Å²) in [5.74, 6) is 0.766. The van der Waals surface area contributed by atoms with Crippen LogP contribution in [0.1, 0.15) is 116 Å². The van der Waals surface area contributed by atoms with Crippen LogP contribution in [0.5, 0.6) is 0 Å². The average Bonchev–Trinajstić information content (AvgIpc) is 3.50. The minimum Gasteiger partial charge on any atom is -0.441 e. The maximum Gasteiger partial charge on any atom is 0.307 e. The van der Waals surface area contributed by atoms with E-state index in [9.17, 15) is 14.0 Å². The van der Waals surface area contributed by atoms with Crippen molar-refractivity contribution in [2.75, 3.05) is 29.9 Å². The first-order valence-electron chi connectivity index (χ1n) is 19.2. The molecule has 0 saturated carbocycles. The summed E-state index contributed by atoms with van der Waals surface area (Å²) in [5, 5.41) is 0. The molecule has 5 rings (SSSR count). The molecule has 51 heavy (non-hydrogen) atoms. The summed E-state index contributed by atoms with van der Waals surface area (Å²) in [7, 11) is 1.98. The number of fused-ring (bicyclic) bond motifs is 1. The van der Waals surface area contributed by atoms with Crippen molar-refractivity contribution in [3.63, 3.8) is 0 Å². The molecule has 0 spiro atoms. The van der Waals surface area contributed by atoms with Gasteiger partial charge < -0.3 is 19.1 Å². The first kappa shape index (κ1) is 38.0. The minimum absolute atomic E-state index is 0.117. The molecule has 10 heteroatoms. The number of carbonyl (C=O) groups excluding carboxylic acids is 1. The molecule has 1 fully saturated rings. The number of anilines is 2. The van der Waals surface area contributed by atoms with E-state index in [0.29, 0.717) is 18.9 Å². The third-order valence-electron chi connectivity index (χ3n) is 10.2. The quantitative estimate of drug-likeness (QED) is 0.0714. The second-order valence-electron chi connectivity index (χ2n) is 14.5. The van der Waals surface area contributed by atoms with Gasteiger partial charge in [0.2, 0.25) is 11.9 Å². The number of ether oxygens (including phenoxy) is 1. The lowest BCUT2D eigenvalue weighted by Crippen LogP contribution is -2.46. The number of hydrogen-bond donors (Lipinski definition) is 0. The molecule has 276 valence electrons. The molecule has 4 aromatic rings. The lowest BCUT2D eigenvalue weighted by Gasteiger charge is -2.39. The number of halogens is 1. The van der Waals surface area contributed by atoms with E-state index < -0.39 is 6.23 Å². The van der Waals surface area contributed by atoms with E-state index in [4.69, 9.17) is 9.72 Å². The summed E-state index contributed by atoms with van der Waals surface area (Å²) in [6.45, 7) is 8.30. The van der Waals surface area contributed by atoms with Gasteiger partial charge in [-0.1, -0.05) is 103 Å². The van der Waals surface area contributed by atoms with Gasteiger partial charge in [-0.05, 0) is 49.1 Å². The van der Waals surface area contributed by atoms with E-state index in [1.54, 1.807) is 10.8 Å². The molecule has 2 aromatic heterocycles. The third-order valence-corrected chi connectivity index (χ3v) is 10.2. The zero-order chi connectivity index (χ0) is 36.2. The standard InChI is InChI=1S/C41H57FN6O3/c1-5-6-7-8-9-10-11-12-13-14-19-38(50)51-39(31(2)3)48-37(49)24-27-43-40(48)45(4)34-25-28-46(29-26-34)41-44-35-17-15-16-18-36(35)47(41)30-32-20-22-33(42)23-21-32/h15-18,20-24,27,31,34,39H,5-14,19,25-26,28-30H2,1-4H3. The van der Waals surface area contributed by atoms with Gasteiger partial charge >= 0.3 is 5.97 Å². The first-order chi connectivity index (χ1) is 24.8. The van der Waals surface area contributed by atoms with Crippen LogP contribution in [0, 0.1) is 11.7 Å². The molecule has 1 atom stereocenters. The second kappa shape index (κ2) is 18.9. The molecule has 0 aliphatic carbocycles. The summed E-state index contributed by atoms with van der Waals surface area (Å²) in [4.78, 5) is 40.5. The largest absolute Gasteiger partial charge is 0.441 e. The Bertz CT molecular complexity index is 1730. The zero-order valence-corrected chi connectivity index (χ0v) is 31.1. The van der Waals surface area contributed by atoms with E-state index >= 15 is 0 Å². The highest BCUT2D eigenvalue weighted by molar-refractivity contribution is 5.79. The number of imidazole rings is 1. The molecule has 0 radical (unpaired) electrons.